The van der Waals surface area contributed by atoms with Crippen molar-refractivity contribution in [2.24, 2.45) is 0 Å². The standard InChI is InChI=1S/C20H25N3O5/c1-13-6-8-15(9-7-13)20(3)18(26)23(19(27)21-20)12-16(24)28-14(2)17(25)22-10-4-5-11-22/h6-9,14H,4-5,10-12H2,1-3H3,(H,21,27)/t14-,20+/m0/s1. The fraction of sp³-hybridized carbons (Fsp3) is 0.500. The summed E-state index contributed by atoms with van der Waals surface area (Å²) in [7, 11) is 0. The third-order valence-electron chi connectivity index (χ3n) is 5.26. The summed E-state index contributed by atoms with van der Waals surface area (Å²) in [5.41, 5.74) is 0.410. The molecule has 0 spiro atoms. The van der Waals surface area contributed by atoms with E-state index in [0.29, 0.717) is 18.7 Å². The topological polar surface area (TPSA) is 96.0 Å². The van der Waals surface area contributed by atoms with E-state index in [2.05, 4.69) is 5.32 Å². The number of ether oxygens (including phenoxy) is 1. The summed E-state index contributed by atoms with van der Waals surface area (Å²) >= 11 is 0. The molecule has 0 aromatic heterocycles. The van der Waals surface area contributed by atoms with Crippen molar-refractivity contribution in [1.29, 1.82) is 0 Å². The summed E-state index contributed by atoms with van der Waals surface area (Å²) in [5, 5.41) is 2.65. The van der Waals surface area contributed by atoms with Gasteiger partial charge in [0.05, 0.1) is 0 Å². The number of carbonyl (C=O) groups is 4. The Labute approximate surface area is 163 Å². The van der Waals surface area contributed by atoms with E-state index >= 15 is 0 Å². The molecule has 3 rings (SSSR count). The highest BCUT2D eigenvalue weighted by atomic mass is 16.5. The van der Waals surface area contributed by atoms with Crippen LogP contribution in [0.2, 0.25) is 0 Å². The van der Waals surface area contributed by atoms with Crippen LogP contribution in [-0.2, 0) is 24.7 Å². The number of hydrogen-bond donors (Lipinski definition) is 1. The minimum atomic E-state index is -1.25. The first-order chi connectivity index (χ1) is 13.2. The number of hydrogen-bond acceptors (Lipinski definition) is 5. The van der Waals surface area contributed by atoms with Crippen molar-refractivity contribution < 1.29 is 23.9 Å². The molecule has 150 valence electrons. The van der Waals surface area contributed by atoms with E-state index in [1.54, 1.807) is 24.0 Å². The molecule has 1 N–H and O–H groups in total. The molecule has 2 heterocycles. The Bertz CT molecular complexity index is 801. The predicted molar refractivity (Wildman–Crippen MR) is 100 cm³/mol. The molecular weight excluding hydrogens is 362 g/mol. The number of benzene rings is 1. The lowest BCUT2D eigenvalue weighted by atomic mass is 9.91. The van der Waals surface area contributed by atoms with Crippen LogP contribution in [0.4, 0.5) is 4.79 Å². The number of urea groups is 1. The maximum Gasteiger partial charge on any atom is 0.327 e. The lowest BCUT2D eigenvalue weighted by Crippen LogP contribution is -2.43. The minimum absolute atomic E-state index is 0.257. The average molecular weight is 387 g/mol. The van der Waals surface area contributed by atoms with Crippen molar-refractivity contribution in [1.82, 2.24) is 15.1 Å². The number of rotatable bonds is 5. The van der Waals surface area contributed by atoms with Gasteiger partial charge in [0.2, 0.25) is 0 Å². The molecule has 1 aromatic carbocycles. The molecule has 28 heavy (non-hydrogen) atoms. The molecule has 2 saturated heterocycles. The van der Waals surface area contributed by atoms with Gasteiger partial charge >= 0.3 is 12.0 Å². The zero-order chi connectivity index (χ0) is 20.5. The number of nitrogens with zero attached hydrogens (tertiary/aromatic N) is 2. The minimum Gasteiger partial charge on any atom is -0.451 e. The van der Waals surface area contributed by atoms with Gasteiger partial charge in [0.25, 0.3) is 11.8 Å². The van der Waals surface area contributed by atoms with Gasteiger partial charge in [-0.05, 0) is 39.2 Å². The van der Waals surface area contributed by atoms with E-state index in [9.17, 15) is 19.2 Å². The van der Waals surface area contributed by atoms with Crippen LogP contribution in [0.3, 0.4) is 0 Å². The molecule has 8 nitrogen and oxygen atoms in total. The average Bonchev–Trinajstić information content (AvgIpc) is 3.25. The van der Waals surface area contributed by atoms with Gasteiger partial charge in [0, 0.05) is 13.1 Å². The van der Waals surface area contributed by atoms with Crippen LogP contribution in [0.1, 0.15) is 37.8 Å². The fourth-order valence-corrected chi connectivity index (χ4v) is 3.53. The van der Waals surface area contributed by atoms with E-state index in [1.165, 1.54) is 6.92 Å². The molecule has 2 aliphatic rings. The largest absolute Gasteiger partial charge is 0.451 e. The zero-order valence-electron chi connectivity index (χ0n) is 16.4. The van der Waals surface area contributed by atoms with Crippen molar-refractivity contribution in [3.8, 4) is 0 Å². The van der Waals surface area contributed by atoms with Gasteiger partial charge in [-0.15, -0.1) is 0 Å². The highest BCUT2D eigenvalue weighted by molar-refractivity contribution is 6.08. The second-order valence-electron chi connectivity index (χ2n) is 7.48. The van der Waals surface area contributed by atoms with Gasteiger partial charge in [-0.2, -0.15) is 0 Å². The summed E-state index contributed by atoms with van der Waals surface area (Å²) in [6.07, 6.45) is 0.925. The van der Waals surface area contributed by atoms with Gasteiger partial charge < -0.3 is 15.0 Å². The quantitative estimate of drug-likeness (QED) is 0.607. The van der Waals surface area contributed by atoms with E-state index in [1.807, 2.05) is 19.1 Å². The Hall–Kier alpha value is -2.90. The lowest BCUT2D eigenvalue weighted by molar-refractivity contribution is -0.160. The SMILES string of the molecule is Cc1ccc([C@@]2(C)NC(=O)N(CC(=O)O[C@@H](C)C(=O)N3CCCC3)C2=O)cc1. The second-order valence-corrected chi connectivity index (χ2v) is 7.48. The summed E-state index contributed by atoms with van der Waals surface area (Å²) in [6.45, 7) is 5.80. The number of amides is 4. The number of esters is 1. The molecule has 8 heteroatoms. The van der Waals surface area contributed by atoms with Gasteiger partial charge in [-0.1, -0.05) is 29.8 Å². The second kappa shape index (κ2) is 7.61. The monoisotopic (exact) mass is 387 g/mol. The summed E-state index contributed by atoms with van der Waals surface area (Å²) in [4.78, 5) is 52.1. The molecule has 2 fully saturated rings. The first-order valence-electron chi connectivity index (χ1n) is 9.42. The summed E-state index contributed by atoms with van der Waals surface area (Å²) < 4.78 is 5.17. The van der Waals surface area contributed by atoms with Crippen molar-refractivity contribution >= 4 is 23.8 Å². The molecule has 2 aliphatic heterocycles. The smallest absolute Gasteiger partial charge is 0.327 e. The Morgan fingerprint density at radius 2 is 1.79 bits per heavy atom. The van der Waals surface area contributed by atoms with Crippen LogP contribution in [0.15, 0.2) is 24.3 Å². The number of aryl methyl sites for hydroxylation is 1. The molecule has 0 radical (unpaired) electrons. The maximum atomic E-state index is 12.8. The third kappa shape index (κ3) is 3.72. The normalized spacial score (nSPS) is 23.0. The van der Waals surface area contributed by atoms with Gasteiger partial charge in [0.1, 0.15) is 12.1 Å². The first kappa shape index (κ1) is 19.9. The van der Waals surface area contributed by atoms with Crippen molar-refractivity contribution in [3.63, 3.8) is 0 Å². The van der Waals surface area contributed by atoms with Crippen LogP contribution < -0.4 is 5.32 Å². The Morgan fingerprint density at radius 3 is 2.39 bits per heavy atom. The van der Waals surface area contributed by atoms with E-state index in [-0.39, 0.29) is 5.91 Å². The fourth-order valence-electron chi connectivity index (χ4n) is 3.53. The van der Waals surface area contributed by atoms with Crippen LogP contribution in [0.5, 0.6) is 0 Å². The third-order valence-corrected chi connectivity index (χ3v) is 5.26. The first-order valence-corrected chi connectivity index (χ1v) is 9.42. The van der Waals surface area contributed by atoms with Crippen molar-refractivity contribution in [2.75, 3.05) is 19.6 Å². The Balaban J connectivity index is 1.64. The van der Waals surface area contributed by atoms with Crippen molar-refractivity contribution in [2.45, 2.75) is 45.3 Å². The van der Waals surface area contributed by atoms with E-state index in [0.717, 1.165) is 23.3 Å². The van der Waals surface area contributed by atoms with Gasteiger partial charge in [-0.25, -0.2) is 4.79 Å². The number of nitrogens with one attached hydrogen (secondary N) is 1. The summed E-state index contributed by atoms with van der Waals surface area (Å²) in [6, 6.07) is 6.58. The molecular formula is C20H25N3O5. The molecule has 0 aliphatic carbocycles. The molecule has 0 saturated carbocycles. The molecule has 0 bridgehead atoms. The van der Waals surface area contributed by atoms with Gasteiger partial charge in [-0.3, -0.25) is 19.3 Å². The van der Waals surface area contributed by atoms with Crippen LogP contribution in [0.25, 0.3) is 0 Å². The van der Waals surface area contributed by atoms with Gasteiger partial charge in [0.15, 0.2) is 6.10 Å². The van der Waals surface area contributed by atoms with Crippen LogP contribution in [0, 0.1) is 6.92 Å². The van der Waals surface area contributed by atoms with Crippen molar-refractivity contribution in [3.05, 3.63) is 35.4 Å². The summed E-state index contributed by atoms with van der Waals surface area (Å²) in [5.74, 6) is -1.58. The zero-order valence-corrected chi connectivity index (χ0v) is 16.4. The predicted octanol–water partition coefficient (Wildman–Crippen LogP) is 1.32. The highest BCUT2D eigenvalue weighted by Gasteiger charge is 2.49. The van der Waals surface area contributed by atoms with E-state index in [4.69, 9.17) is 4.74 Å². The van der Waals surface area contributed by atoms with Crippen LogP contribution >= 0.6 is 0 Å². The molecule has 2 atom stereocenters. The number of likely N-dealkylation sites (tertiary alicyclic amines) is 1. The van der Waals surface area contributed by atoms with Crippen LogP contribution in [-0.4, -0.2) is 59.4 Å². The Kier molecular flexibility index (Phi) is 5.40. The molecule has 0 unspecified atom stereocenters. The number of carbonyl (C=O) groups excluding carboxylic acids is 4. The highest BCUT2D eigenvalue weighted by Crippen LogP contribution is 2.29. The lowest BCUT2D eigenvalue weighted by Gasteiger charge is -2.23. The Morgan fingerprint density at radius 1 is 1.18 bits per heavy atom. The molecule has 1 aromatic rings. The van der Waals surface area contributed by atoms with E-state index < -0.39 is 36.1 Å². The molecule has 4 amide bonds. The number of imide groups is 1. The maximum absolute atomic E-state index is 12.8.